The minimum Gasteiger partial charge on any atom is -0.303 e. The number of hydrogen-bond donors (Lipinski definition) is 0. The third-order valence-electron chi connectivity index (χ3n) is 1.41. The molecule has 0 bridgehead atoms. The van der Waals surface area contributed by atoms with Crippen LogP contribution in [0.2, 0.25) is 0 Å². The molecule has 0 aliphatic carbocycles. The third kappa shape index (κ3) is 7.68. The topological polar surface area (TPSA) is 60.4 Å². The molecule has 0 heterocycles. The zero-order chi connectivity index (χ0) is 9.61. The van der Waals surface area contributed by atoms with Crippen molar-refractivity contribution in [2.24, 2.45) is 5.92 Å². The number of rotatable bonds is 6. The van der Waals surface area contributed by atoms with E-state index in [1.165, 1.54) is 0 Å². The maximum atomic E-state index is 10.5. The first kappa shape index (κ1) is 11.6. The van der Waals surface area contributed by atoms with Gasteiger partial charge in [-0.1, -0.05) is 6.92 Å². The molecule has 5 heteroatoms. The first-order chi connectivity index (χ1) is 5.45. The highest BCUT2D eigenvalue weighted by Crippen LogP contribution is 2.05. The molecular weight excluding hydrogens is 180 g/mol. The van der Waals surface area contributed by atoms with Crippen molar-refractivity contribution in [3.8, 4) is 0 Å². The van der Waals surface area contributed by atoms with Crippen LogP contribution in [0.4, 0.5) is 0 Å². The van der Waals surface area contributed by atoms with E-state index in [0.29, 0.717) is 12.8 Å². The van der Waals surface area contributed by atoms with E-state index in [1.54, 1.807) is 0 Å². The molecule has 0 rings (SSSR count). The van der Waals surface area contributed by atoms with Crippen LogP contribution in [0, 0.1) is 5.92 Å². The van der Waals surface area contributed by atoms with E-state index in [2.05, 4.69) is 4.18 Å². The summed E-state index contributed by atoms with van der Waals surface area (Å²) in [5, 5.41) is 0. The Morgan fingerprint density at radius 3 is 2.50 bits per heavy atom. The Morgan fingerprint density at radius 1 is 1.50 bits per heavy atom. The van der Waals surface area contributed by atoms with E-state index in [1.807, 2.05) is 6.92 Å². The molecule has 1 unspecified atom stereocenters. The van der Waals surface area contributed by atoms with Gasteiger partial charge in [0.15, 0.2) is 0 Å². The Kier molecular flexibility index (Phi) is 5.08. The van der Waals surface area contributed by atoms with Crippen molar-refractivity contribution in [1.82, 2.24) is 0 Å². The Morgan fingerprint density at radius 2 is 2.08 bits per heavy atom. The van der Waals surface area contributed by atoms with Crippen LogP contribution >= 0.6 is 0 Å². The van der Waals surface area contributed by atoms with E-state index < -0.39 is 10.1 Å². The van der Waals surface area contributed by atoms with Gasteiger partial charge < -0.3 is 4.79 Å². The lowest BCUT2D eigenvalue weighted by molar-refractivity contribution is -0.108. The molecular formula is C7H14O4S. The van der Waals surface area contributed by atoms with Gasteiger partial charge in [0, 0.05) is 6.42 Å². The zero-order valence-electron chi connectivity index (χ0n) is 7.32. The minimum absolute atomic E-state index is 0.161. The molecule has 1 atom stereocenters. The molecule has 0 fully saturated rings. The van der Waals surface area contributed by atoms with Crippen LogP contribution in [0.15, 0.2) is 0 Å². The lowest BCUT2D eigenvalue weighted by Gasteiger charge is -2.05. The fourth-order valence-electron chi connectivity index (χ4n) is 0.683. The first-order valence-electron chi connectivity index (χ1n) is 3.73. The summed E-state index contributed by atoms with van der Waals surface area (Å²) in [5.74, 6) is 0.184. The van der Waals surface area contributed by atoms with E-state index >= 15 is 0 Å². The van der Waals surface area contributed by atoms with Crippen molar-refractivity contribution < 1.29 is 17.4 Å². The van der Waals surface area contributed by atoms with Gasteiger partial charge in [0.05, 0.1) is 12.9 Å². The van der Waals surface area contributed by atoms with Gasteiger partial charge >= 0.3 is 0 Å². The molecule has 0 radical (unpaired) electrons. The molecule has 0 saturated carbocycles. The molecule has 0 aliphatic rings. The van der Waals surface area contributed by atoms with Crippen molar-refractivity contribution in [1.29, 1.82) is 0 Å². The molecule has 72 valence electrons. The van der Waals surface area contributed by atoms with Gasteiger partial charge in [0.2, 0.25) is 0 Å². The molecule has 0 aromatic rings. The Labute approximate surface area is 73.0 Å². The van der Waals surface area contributed by atoms with Crippen molar-refractivity contribution in [3.05, 3.63) is 0 Å². The largest absolute Gasteiger partial charge is 0.303 e. The second-order valence-electron chi connectivity index (χ2n) is 2.82. The van der Waals surface area contributed by atoms with Crippen LogP contribution in [0.1, 0.15) is 19.8 Å². The minimum atomic E-state index is -3.32. The molecule has 0 aromatic heterocycles. The maximum Gasteiger partial charge on any atom is 0.264 e. The van der Waals surface area contributed by atoms with Crippen LogP contribution in [-0.4, -0.2) is 27.6 Å². The molecule has 0 spiro atoms. The standard InChI is InChI=1S/C7H14O4S/c1-7(3-5-8)4-6-11-12(2,9)10/h5,7H,3-4,6H2,1-2H3. The fourth-order valence-corrected chi connectivity index (χ4v) is 1.08. The van der Waals surface area contributed by atoms with Gasteiger partial charge in [0.25, 0.3) is 10.1 Å². The monoisotopic (exact) mass is 194 g/mol. The molecule has 0 amide bonds. The summed E-state index contributed by atoms with van der Waals surface area (Å²) >= 11 is 0. The summed E-state index contributed by atoms with van der Waals surface area (Å²) in [6.45, 7) is 2.04. The average Bonchev–Trinajstić information content (AvgIpc) is 1.84. The van der Waals surface area contributed by atoms with Gasteiger partial charge in [-0.15, -0.1) is 0 Å². The van der Waals surface area contributed by atoms with Crippen molar-refractivity contribution >= 4 is 16.4 Å². The molecule has 0 saturated heterocycles. The summed E-state index contributed by atoms with van der Waals surface area (Å²) in [4.78, 5) is 10.0. The SMILES string of the molecule is CC(CC=O)CCOS(C)(=O)=O. The van der Waals surface area contributed by atoms with E-state index in [-0.39, 0.29) is 12.5 Å². The smallest absolute Gasteiger partial charge is 0.264 e. The summed E-state index contributed by atoms with van der Waals surface area (Å²) in [6, 6.07) is 0. The van der Waals surface area contributed by atoms with Gasteiger partial charge in [-0.05, 0) is 12.3 Å². The highest BCUT2D eigenvalue weighted by Gasteiger charge is 2.04. The van der Waals surface area contributed by atoms with Gasteiger partial charge in [0.1, 0.15) is 6.29 Å². The van der Waals surface area contributed by atoms with Crippen molar-refractivity contribution in [3.63, 3.8) is 0 Å². The molecule has 0 N–H and O–H groups in total. The lowest BCUT2D eigenvalue weighted by atomic mass is 10.1. The Bertz CT molecular complexity index is 220. The zero-order valence-corrected chi connectivity index (χ0v) is 8.13. The second kappa shape index (κ2) is 5.27. The molecule has 4 nitrogen and oxygen atoms in total. The lowest BCUT2D eigenvalue weighted by Crippen LogP contribution is -2.07. The van der Waals surface area contributed by atoms with E-state index in [4.69, 9.17) is 0 Å². The summed E-state index contributed by atoms with van der Waals surface area (Å²) in [5.41, 5.74) is 0. The second-order valence-corrected chi connectivity index (χ2v) is 4.47. The highest BCUT2D eigenvalue weighted by molar-refractivity contribution is 7.85. The summed E-state index contributed by atoms with van der Waals surface area (Å²) in [7, 11) is -3.32. The van der Waals surface area contributed by atoms with Gasteiger partial charge in [-0.2, -0.15) is 8.42 Å². The summed E-state index contributed by atoms with van der Waals surface area (Å²) in [6.07, 6.45) is 2.88. The highest BCUT2D eigenvalue weighted by atomic mass is 32.2. The fraction of sp³-hybridized carbons (Fsp3) is 0.857. The van der Waals surface area contributed by atoms with Crippen LogP contribution in [0.3, 0.4) is 0 Å². The number of hydrogen-bond acceptors (Lipinski definition) is 4. The summed E-state index contributed by atoms with van der Waals surface area (Å²) < 4.78 is 25.5. The Hall–Kier alpha value is -0.420. The molecule has 0 aliphatic heterocycles. The predicted octanol–water partition coefficient (Wildman–Crippen LogP) is 0.578. The molecule has 0 aromatic carbocycles. The van der Waals surface area contributed by atoms with E-state index in [9.17, 15) is 13.2 Å². The maximum absolute atomic E-state index is 10.5. The number of carbonyl (C=O) groups is 1. The van der Waals surface area contributed by atoms with Crippen LogP contribution in [0.25, 0.3) is 0 Å². The van der Waals surface area contributed by atoms with Crippen molar-refractivity contribution in [2.75, 3.05) is 12.9 Å². The van der Waals surface area contributed by atoms with Crippen LogP contribution in [0.5, 0.6) is 0 Å². The van der Waals surface area contributed by atoms with Crippen molar-refractivity contribution in [2.45, 2.75) is 19.8 Å². The Balaban J connectivity index is 3.50. The van der Waals surface area contributed by atoms with Crippen LogP contribution in [-0.2, 0) is 19.1 Å². The van der Waals surface area contributed by atoms with Crippen LogP contribution < -0.4 is 0 Å². The third-order valence-corrected chi connectivity index (χ3v) is 2.00. The average molecular weight is 194 g/mol. The van der Waals surface area contributed by atoms with Gasteiger partial charge in [-0.3, -0.25) is 4.18 Å². The quantitative estimate of drug-likeness (QED) is 0.458. The number of carbonyl (C=O) groups excluding carboxylic acids is 1. The van der Waals surface area contributed by atoms with Gasteiger partial charge in [-0.25, -0.2) is 0 Å². The van der Waals surface area contributed by atoms with E-state index in [0.717, 1.165) is 12.5 Å². The normalized spacial score (nSPS) is 14.2. The number of aldehydes is 1. The predicted molar refractivity (Wildman–Crippen MR) is 45.3 cm³/mol. The first-order valence-corrected chi connectivity index (χ1v) is 5.55. The molecule has 12 heavy (non-hydrogen) atoms.